The van der Waals surface area contributed by atoms with E-state index in [0.29, 0.717) is 36.2 Å². The standard InChI is InChI=1S/C28H28ClN5O3S/c1-36-19-6-4-18(5-7-19)17-33-12-13-34-27(28(33)35)25(23-8-9-24(29)38-23)26(32-34)21-10-11-30-16-22(21)31-15-20-3-2-14-37-20/h4-11,16,20,31H,2-3,12-15,17H2,1H3/t20-/m1/s1. The van der Waals surface area contributed by atoms with Crippen LogP contribution in [-0.4, -0.2) is 58.5 Å². The summed E-state index contributed by atoms with van der Waals surface area (Å²) in [6.45, 7) is 3.19. The molecular formula is C28H28ClN5O3S. The third kappa shape index (κ3) is 4.89. The molecule has 1 amide bonds. The van der Waals surface area contributed by atoms with Crippen LogP contribution in [0, 0.1) is 0 Å². The van der Waals surface area contributed by atoms with Crippen molar-refractivity contribution in [3.8, 4) is 27.4 Å². The third-order valence-electron chi connectivity index (χ3n) is 7.00. The number of fused-ring (bicyclic) bond motifs is 1. The number of thiophene rings is 1. The molecule has 6 rings (SSSR count). The van der Waals surface area contributed by atoms with Crippen molar-refractivity contribution < 1.29 is 14.3 Å². The molecule has 3 aromatic heterocycles. The number of methoxy groups -OCH3 is 1. The number of hydrogen-bond acceptors (Lipinski definition) is 7. The van der Waals surface area contributed by atoms with Gasteiger partial charge in [-0.3, -0.25) is 14.5 Å². The van der Waals surface area contributed by atoms with Gasteiger partial charge in [-0.25, -0.2) is 0 Å². The molecule has 1 atom stereocenters. The van der Waals surface area contributed by atoms with Gasteiger partial charge in [0, 0.05) is 42.9 Å². The molecule has 0 spiro atoms. The molecule has 5 heterocycles. The Morgan fingerprint density at radius 1 is 1.18 bits per heavy atom. The lowest BCUT2D eigenvalue weighted by Crippen LogP contribution is -2.40. The van der Waals surface area contributed by atoms with Gasteiger partial charge in [-0.15, -0.1) is 11.3 Å². The summed E-state index contributed by atoms with van der Waals surface area (Å²) in [5, 5.41) is 8.49. The van der Waals surface area contributed by atoms with Gasteiger partial charge in [0.15, 0.2) is 0 Å². The number of nitrogens with one attached hydrogen (secondary N) is 1. The van der Waals surface area contributed by atoms with Crippen LogP contribution < -0.4 is 10.1 Å². The minimum absolute atomic E-state index is 0.0479. The number of amides is 1. The summed E-state index contributed by atoms with van der Waals surface area (Å²) in [6.07, 6.45) is 5.87. The van der Waals surface area contributed by atoms with Gasteiger partial charge in [-0.05, 0) is 48.7 Å². The van der Waals surface area contributed by atoms with Gasteiger partial charge in [0.2, 0.25) is 0 Å². The maximum atomic E-state index is 13.9. The second kappa shape index (κ2) is 10.8. The first-order valence-corrected chi connectivity index (χ1v) is 13.9. The zero-order valence-corrected chi connectivity index (χ0v) is 22.6. The van der Waals surface area contributed by atoms with Crippen molar-refractivity contribution in [1.82, 2.24) is 19.7 Å². The maximum absolute atomic E-state index is 13.9. The van der Waals surface area contributed by atoms with Crippen LogP contribution in [0.25, 0.3) is 21.7 Å². The van der Waals surface area contributed by atoms with Gasteiger partial charge in [0.1, 0.15) is 17.1 Å². The number of pyridine rings is 1. The van der Waals surface area contributed by atoms with E-state index in [9.17, 15) is 4.79 Å². The van der Waals surface area contributed by atoms with Gasteiger partial charge in [0.05, 0.1) is 41.5 Å². The monoisotopic (exact) mass is 549 g/mol. The number of nitrogens with zero attached hydrogens (tertiary/aromatic N) is 4. The first-order chi connectivity index (χ1) is 18.6. The Balaban J connectivity index is 1.37. The third-order valence-corrected chi connectivity index (χ3v) is 8.25. The molecule has 0 aliphatic carbocycles. The topological polar surface area (TPSA) is 81.5 Å². The second-order valence-electron chi connectivity index (χ2n) is 9.41. The number of halogens is 1. The molecule has 0 bridgehead atoms. The smallest absolute Gasteiger partial charge is 0.273 e. The van der Waals surface area contributed by atoms with Crippen molar-refractivity contribution >= 4 is 34.5 Å². The van der Waals surface area contributed by atoms with Gasteiger partial charge < -0.3 is 19.7 Å². The Morgan fingerprint density at radius 2 is 2.05 bits per heavy atom. The largest absolute Gasteiger partial charge is 0.497 e. The molecule has 38 heavy (non-hydrogen) atoms. The van der Waals surface area contributed by atoms with E-state index in [1.54, 1.807) is 13.3 Å². The van der Waals surface area contributed by atoms with Gasteiger partial charge >= 0.3 is 0 Å². The number of carbonyl (C=O) groups excluding carboxylic acids is 1. The SMILES string of the molecule is COc1ccc(CN2CCn3nc(-c4ccncc4NC[C@H]4CCCO4)c(-c4ccc(Cl)s4)c3C2=O)cc1. The van der Waals surface area contributed by atoms with E-state index in [2.05, 4.69) is 10.3 Å². The van der Waals surface area contributed by atoms with E-state index < -0.39 is 0 Å². The average Bonchev–Trinajstić information content (AvgIpc) is 3.70. The van der Waals surface area contributed by atoms with Crippen molar-refractivity contribution in [3.05, 3.63) is 70.5 Å². The number of aromatic nitrogens is 3. The van der Waals surface area contributed by atoms with Crippen LogP contribution in [0.3, 0.4) is 0 Å². The zero-order valence-electron chi connectivity index (χ0n) is 21.0. The highest BCUT2D eigenvalue weighted by Gasteiger charge is 2.33. The molecule has 1 N–H and O–H groups in total. The summed E-state index contributed by atoms with van der Waals surface area (Å²) in [4.78, 5) is 21.1. The predicted octanol–water partition coefficient (Wildman–Crippen LogP) is 5.58. The normalized spacial score (nSPS) is 17.1. The Morgan fingerprint density at radius 3 is 2.79 bits per heavy atom. The molecule has 1 fully saturated rings. The summed E-state index contributed by atoms with van der Waals surface area (Å²) in [6, 6.07) is 13.6. The molecule has 8 nitrogen and oxygen atoms in total. The lowest BCUT2D eigenvalue weighted by Gasteiger charge is -2.28. The highest BCUT2D eigenvalue weighted by Crippen LogP contribution is 2.42. The summed E-state index contributed by atoms with van der Waals surface area (Å²) >= 11 is 7.81. The Bertz CT molecular complexity index is 1450. The summed E-state index contributed by atoms with van der Waals surface area (Å²) in [5.74, 6) is 0.743. The lowest BCUT2D eigenvalue weighted by molar-refractivity contribution is 0.0684. The van der Waals surface area contributed by atoms with Crippen LogP contribution >= 0.6 is 22.9 Å². The van der Waals surface area contributed by atoms with Crippen LogP contribution in [0.2, 0.25) is 4.34 Å². The zero-order chi connectivity index (χ0) is 26.1. The van der Waals surface area contributed by atoms with Crippen LogP contribution in [0.15, 0.2) is 54.9 Å². The highest BCUT2D eigenvalue weighted by atomic mass is 35.5. The van der Waals surface area contributed by atoms with Gasteiger partial charge in [0.25, 0.3) is 5.91 Å². The van der Waals surface area contributed by atoms with E-state index in [1.165, 1.54) is 11.3 Å². The Kier molecular flexibility index (Phi) is 7.06. The number of hydrogen-bond donors (Lipinski definition) is 1. The molecule has 2 aliphatic heterocycles. The van der Waals surface area contributed by atoms with E-state index in [1.807, 2.05) is 58.2 Å². The minimum Gasteiger partial charge on any atom is -0.497 e. The molecule has 4 aromatic rings. The van der Waals surface area contributed by atoms with Crippen LogP contribution in [0.1, 0.15) is 28.9 Å². The fourth-order valence-electron chi connectivity index (χ4n) is 5.05. The average molecular weight is 550 g/mol. The van der Waals surface area contributed by atoms with Crippen molar-refractivity contribution in [2.24, 2.45) is 0 Å². The van der Waals surface area contributed by atoms with E-state index in [4.69, 9.17) is 26.2 Å². The van der Waals surface area contributed by atoms with Gasteiger partial charge in [-0.1, -0.05) is 23.7 Å². The van der Waals surface area contributed by atoms with Crippen LogP contribution in [-0.2, 0) is 17.8 Å². The number of carbonyl (C=O) groups is 1. The predicted molar refractivity (Wildman–Crippen MR) is 149 cm³/mol. The van der Waals surface area contributed by atoms with Crippen molar-refractivity contribution in [2.45, 2.75) is 32.0 Å². The lowest BCUT2D eigenvalue weighted by atomic mass is 10.0. The number of rotatable bonds is 8. The summed E-state index contributed by atoms with van der Waals surface area (Å²) in [7, 11) is 1.65. The fraction of sp³-hybridized carbons (Fsp3) is 0.321. The molecule has 0 saturated carbocycles. The molecule has 0 unspecified atom stereocenters. The minimum atomic E-state index is -0.0479. The molecule has 0 radical (unpaired) electrons. The Hall–Kier alpha value is -3.40. The number of ether oxygens (including phenoxy) is 2. The van der Waals surface area contributed by atoms with Crippen molar-refractivity contribution in [3.63, 3.8) is 0 Å². The fourth-order valence-corrected chi connectivity index (χ4v) is 6.14. The van der Waals surface area contributed by atoms with E-state index in [-0.39, 0.29) is 12.0 Å². The van der Waals surface area contributed by atoms with Crippen molar-refractivity contribution in [2.75, 3.05) is 32.1 Å². The first kappa shape index (κ1) is 24.9. The quantitative estimate of drug-likeness (QED) is 0.309. The van der Waals surface area contributed by atoms with Crippen LogP contribution in [0.4, 0.5) is 5.69 Å². The summed E-state index contributed by atoms with van der Waals surface area (Å²) in [5.41, 5.74) is 4.94. The molecule has 10 heteroatoms. The maximum Gasteiger partial charge on any atom is 0.273 e. The number of anilines is 1. The second-order valence-corrected chi connectivity index (χ2v) is 11.1. The first-order valence-electron chi connectivity index (χ1n) is 12.7. The molecule has 2 aliphatic rings. The molecular weight excluding hydrogens is 522 g/mol. The van der Waals surface area contributed by atoms with Gasteiger partial charge in [-0.2, -0.15) is 5.10 Å². The molecule has 1 saturated heterocycles. The number of benzene rings is 1. The summed E-state index contributed by atoms with van der Waals surface area (Å²) < 4.78 is 13.6. The van der Waals surface area contributed by atoms with E-state index >= 15 is 0 Å². The molecule has 1 aromatic carbocycles. The van der Waals surface area contributed by atoms with Crippen LogP contribution in [0.5, 0.6) is 5.75 Å². The van der Waals surface area contributed by atoms with E-state index in [0.717, 1.165) is 58.1 Å². The van der Waals surface area contributed by atoms with Crippen molar-refractivity contribution in [1.29, 1.82) is 0 Å². The molecule has 196 valence electrons. The Labute approximate surface area is 230 Å². The highest BCUT2D eigenvalue weighted by molar-refractivity contribution is 7.19.